The van der Waals surface area contributed by atoms with E-state index in [9.17, 15) is 23.4 Å². The van der Waals surface area contributed by atoms with E-state index in [4.69, 9.17) is 19.4 Å². The predicted molar refractivity (Wildman–Crippen MR) is 147 cm³/mol. The topological polar surface area (TPSA) is 119 Å². The summed E-state index contributed by atoms with van der Waals surface area (Å²) in [6, 6.07) is 2.09. The molecule has 3 aromatic heterocycles. The van der Waals surface area contributed by atoms with Crippen molar-refractivity contribution in [2.75, 3.05) is 24.7 Å². The second-order valence-electron chi connectivity index (χ2n) is 12.6. The fourth-order valence-corrected chi connectivity index (χ4v) is 8.70. The molecule has 0 radical (unpaired) electrons. The molecule has 10 nitrogen and oxygen atoms in total. The van der Waals surface area contributed by atoms with Crippen molar-refractivity contribution >= 4 is 27.4 Å². The maximum absolute atomic E-state index is 13.4. The number of hydrogen-bond donors (Lipinski definition) is 2. The Morgan fingerprint density at radius 1 is 1.12 bits per heavy atom. The number of aromatic nitrogens is 5. The maximum Gasteiger partial charge on any atom is 0.451 e. The number of halogens is 3. The van der Waals surface area contributed by atoms with Crippen molar-refractivity contribution in [1.82, 2.24) is 24.7 Å². The summed E-state index contributed by atoms with van der Waals surface area (Å²) in [6.07, 6.45) is -0.822. The van der Waals surface area contributed by atoms with Crippen LogP contribution in [-0.4, -0.2) is 72.7 Å². The Balaban J connectivity index is 1.17. The van der Waals surface area contributed by atoms with Crippen molar-refractivity contribution in [1.29, 1.82) is 0 Å². The van der Waals surface area contributed by atoms with Crippen molar-refractivity contribution in [2.45, 2.75) is 90.1 Å². The first-order valence-corrected chi connectivity index (χ1v) is 15.4. The SMILES string of the molecule is CCc1cc2c(N3CCn4c(nnc4C(F)(F)F)C3)nc(C[C@]34CC3C43C[C@H](OCCO)[C@@H](OC(C)(C)O)C3)nc2s1. The summed E-state index contributed by atoms with van der Waals surface area (Å²) in [7, 11) is 0. The highest BCUT2D eigenvalue weighted by Crippen LogP contribution is 2.93. The smallest absolute Gasteiger partial charge is 0.394 e. The number of alkyl halides is 3. The van der Waals surface area contributed by atoms with Crippen LogP contribution in [0.25, 0.3) is 10.2 Å². The standard InChI is InChI=1S/C28H35F3N6O4S/c1-4-15-9-16-22(36-5-6-37-21(14-36)34-35-24(37)28(29,30)31)32-20(33-23(16)42-15)13-27-12-19(27)26(27)10-17(40-8-7-38)18(11-26)41-25(2,3)39/h9,17-19,38-39H,4-8,10-14H2,1-3H3/t17-,18-,19?,26?,27+/m0/s1. The molecular formula is C28H35F3N6O4S. The van der Waals surface area contributed by atoms with Gasteiger partial charge < -0.3 is 29.2 Å². The van der Waals surface area contributed by atoms with Crippen LogP contribution in [0.2, 0.25) is 0 Å². The highest BCUT2D eigenvalue weighted by molar-refractivity contribution is 7.18. The summed E-state index contributed by atoms with van der Waals surface area (Å²) in [5.74, 6) is -0.000926. The van der Waals surface area contributed by atoms with Crippen LogP contribution in [0.3, 0.4) is 0 Å². The molecule has 1 spiro atoms. The molecule has 0 bridgehead atoms. The van der Waals surface area contributed by atoms with Gasteiger partial charge in [0.2, 0.25) is 5.82 Å². The maximum atomic E-state index is 13.4. The molecule has 3 fully saturated rings. The highest BCUT2D eigenvalue weighted by Gasteiger charge is 2.89. The van der Waals surface area contributed by atoms with Crippen LogP contribution < -0.4 is 4.90 Å². The first-order chi connectivity index (χ1) is 19.9. The van der Waals surface area contributed by atoms with E-state index >= 15 is 0 Å². The number of anilines is 1. The van der Waals surface area contributed by atoms with Crippen molar-refractivity contribution < 1.29 is 32.9 Å². The number of aliphatic hydroxyl groups excluding tert-OH is 1. The van der Waals surface area contributed by atoms with Gasteiger partial charge >= 0.3 is 6.18 Å². The number of aliphatic hydroxyl groups is 2. The Hall–Kier alpha value is -2.39. The van der Waals surface area contributed by atoms with Gasteiger partial charge in [0.05, 0.1) is 37.4 Å². The average molecular weight is 609 g/mol. The van der Waals surface area contributed by atoms with Crippen LogP contribution in [0.5, 0.6) is 0 Å². The third-order valence-electron chi connectivity index (χ3n) is 9.66. The van der Waals surface area contributed by atoms with Crippen molar-refractivity contribution in [3.8, 4) is 0 Å². The molecule has 4 aliphatic rings. The zero-order chi connectivity index (χ0) is 29.7. The quantitative estimate of drug-likeness (QED) is 0.351. The summed E-state index contributed by atoms with van der Waals surface area (Å²) in [4.78, 5) is 14.1. The second kappa shape index (κ2) is 9.55. The van der Waals surface area contributed by atoms with E-state index in [0.717, 1.165) is 52.1 Å². The van der Waals surface area contributed by atoms with E-state index in [1.54, 1.807) is 25.2 Å². The van der Waals surface area contributed by atoms with Crippen molar-refractivity contribution in [3.63, 3.8) is 0 Å². The van der Waals surface area contributed by atoms with Gasteiger partial charge in [0.15, 0.2) is 11.6 Å². The van der Waals surface area contributed by atoms with E-state index in [1.165, 1.54) is 4.88 Å². The van der Waals surface area contributed by atoms with Gasteiger partial charge in [0, 0.05) is 24.4 Å². The lowest BCUT2D eigenvalue weighted by atomic mass is 9.84. The first kappa shape index (κ1) is 28.4. The molecule has 2 unspecified atom stereocenters. The van der Waals surface area contributed by atoms with Gasteiger partial charge in [0.1, 0.15) is 16.5 Å². The van der Waals surface area contributed by atoms with Gasteiger partial charge in [0.25, 0.3) is 0 Å². The van der Waals surface area contributed by atoms with Crippen molar-refractivity contribution in [2.24, 2.45) is 16.7 Å². The van der Waals surface area contributed by atoms with Gasteiger partial charge in [-0.2, -0.15) is 13.2 Å². The molecule has 3 aromatic rings. The summed E-state index contributed by atoms with van der Waals surface area (Å²) in [5.41, 5.74) is 0.0755. The van der Waals surface area contributed by atoms with Crippen LogP contribution in [0.15, 0.2) is 6.07 Å². The number of hydrogen-bond acceptors (Lipinski definition) is 10. The molecule has 0 saturated heterocycles. The molecule has 228 valence electrons. The van der Waals surface area contributed by atoms with Gasteiger partial charge in [-0.15, -0.1) is 21.5 Å². The van der Waals surface area contributed by atoms with Crippen LogP contribution in [0.4, 0.5) is 19.0 Å². The van der Waals surface area contributed by atoms with Crippen LogP contribution in [0, 0.1) is 16.7 Å². The summed E-state index contributed by atoms with van der Waals surface area (Å²) in [6.45, 7) is 6.13. The van der Waals surface area contributed by atoms with Crippen molar-refractivity contribution in [3.05, 3.63) is 28.4 Å². The molecule has 4 heterocycles. The molecule has 3 aliphatic carbocycles. The Labute approximate surface area is 244 Å². The fraction of sp³-hybridized carbons (Fsp3) is 0.714. The van der Waals surface area contributed by atoms with Gasteiger partial charge in [-0.05, 0) is 62.3 Å². The first-order valence-electron chi connectivity index (χ1n) is 14.5. The Morgan fingerprint density at radius 2 is 1.90 bits per heavy atom. The zero-order valence-electron chi connectivity index (χ0n) is 23.8. The third-order valence-corrected chi connectivity index (χ3v) is 10.8. The number of ether oxygens (including phenoxy) is 2. The Morgan fingerprint density at radius 3 is 2.60 bits per heavy atom. The molecule has 7 rings (SSSR count). The summed E-state index contributed by atoms with van der Waals surface area (Å²) < 4.78 is 53.4. The molecule has 0 aromatic carbocycles. The van der Waals surface area contributed by atoms with E-state index in [2.05, 4.69) is 23.2 Å². The normalized spacial score (nSPS) is 30.3. The summed E-state index contributed by atoms with van der Waals surface area (Å²) in [5, 5.41) is 27.9. The molecular weight excluding hydrogens is 573 g/mol. The van der Waals surface area contributed by atoms with Crippen LogP contribution in [-0.2, 0) is 41.6 Å². The summed E-state index contributed by atoms with van der Waals surface area (Å²) >= 11 is 1.63. The largest absolute Gasteiger partial charge is 0.451 e. The molecule has 3 saturated carbocycles. The number of aryl methyl sites for hydroxylation is 1. The lowest BCUT2D eigenvalue weighted by Crippen LogP contribution is -2.36. The van der Waals surface area contributed by atoms with E-state index in [0.29, 0.717) is 18.9 Å². The molecule has 5 atom stereocenters. The van der Waals surface area contributed by atoms with Gasteiger partial charge in [-0.25, -0.2) is 9.97 Å². The zero-order valence-corrected chi connectivity index (χ0v) is 24.6. The minimum Gasteiger partial charge on any atom is -0.394 e. The number of nitrogens with zero attached hydrogens (tertiary/aromatic N) is 6. The predicted octanol–water partition coefficient (Wildman–Crippen LogP) is 3.72. The number of thiophene rings is 1. The molecule has 2 N–H and O–H groups in total. The average Bonchev–Trinajstić information content (AvgIpc) is 3.42. The number of rotatable bonds is 9. The molecule has 14 heteroatoms. The molecule has 1 aliphatic heterocycles. The lowest BCUT2D eigenvalue weighted by Gasteiger charge is -2.30. The van der Waals surface area contributed by atoms with E-state index in [-0.39, 0.29) is 55.2 Å². The van der Waals surface area contributed by atoms with Gasteiger partial charge in [-0.1, -0.05) is 6.92 Å². The van der Waals surface area contributed by atoms with Crippen LogP contribution in [0.1, 0.15) is 62.4 Å². The highest BCUT2D eigenvalue weighted by atomic mass is 32.1. The van der Waals surface area contributed by atoms with E-state index < -0.39 is 17.8 Å². The fourth-order valence-electron chi connectivity index (χ4n) is 7.72. The Kier molecular flexibility index (Phi) is 6.46. The minimum absolute atomic E-state index is 0.0289. The molecule has 42 heavy (non-hydrogen) atoms. The van der Waals surface area contributed by atoms with E-state index in [1.807, 2.05) is 4.90 Å². The second-order valence-corrected chi connectivity index (χ2v) is 13.8. The minimum atomic E-state index is -4.55. The van der Waals surface area contributed by atoms with Gasteiger partial charge in [-0.3, -0.25) is 0 Å². The monoisotopic (exact) mass is 608 g/mol. The van der Waals surface area contributed by atoms with Crippen LogP contribution >= 0.6 is 11.3 Å². The number of fused-ring (bicyclic) bond motifs is 5. The third kappa shape index (κ3) is 4.52. The molecule has 0 amide bonds. The lowest BCUT2D eigenvalue weighted by molar-refractivity contribution is -0.225. The Bertz CT molecular complexity index is 1520.